The van der Waals surface area contributed by atoms with Gasteiger partial charge in [0, 0.05) is 19.5 Å². The summed E-state index contributed by atoms with van der Waals surface area (Å²) in [6.45, 7) is 1.17. The number of likely N-dealkylation sites (tertiary alicyclic amines) is 1. The normalized spacial score (nSPS) is 15.6. The Morgan fingerprint density at radius 3 is 2.83 bits per heavy atom. The number of nitrogens with zero attached hydrogens (tertiary/aromatic N) is 1. The summed E-state index contributed by atoms with van der Waals surface area (Å²) in [5.41, 5.74) is 0.788. The molecule has 2 amide bonds. The number of rotatable bonds is 6. The molecule has 6 heteroatoms. The van der Waals surface area contributed by atoms with Gasteiger partial charge in [-0.3, -0.25) is 9.59 Å². The molecular weight excluding hydrogens is 311 g/mol. The van der Waals surface area contributed by atoms with Gasteiger partial charge in [-0.25, -0.2) is 4.39 Å². The molecule has 0 radical (unpaired) electrons. The SMILES string of the molecule is COc1ccc(CCNC(=O)CN2CCCCCCC2=O)cc1F. The van der Waals surface area contributed by atoms with Crippen LogP contribution in [-0.4, -0.2) is 43.5 Å². The molecule has 24 heavy (non-hydrogen) atoms. The lowest BCUT2D eigenvalue weighted by atomic mass is 10.1. The van der Waals surface area contributed by atoms with Crippen molar-refractivity contribution >= 4 is 11.8 Å². The van der Waals surface area contributed by atoms with Crippen LogP contribution in [0.3, 0.4) is 0 Å². The zero-order valence-electron chi connectivity index (χ0n) is 14.1. The first-order valence-electron chi connectivity index (χ1n) is 8.47. The smallest absolute Gasteiger partial charge is 0.239 e. The van der Waals surface area contributed by atoms with Gasteiger partial charge in [0.05, 0.1) is 13.7 Å². The van der Waals surface area contributed by atoms with E-state index in [-0.39, 0.29) is 24.1 Å². The maximum absolute atomic E-state index is 13.6. The fraction of sp³-hybridized carbons (Fsp3) is 0.556. The van der Waals surface area contributed by atoms with Gasteiger partial charge in [-0.05, 0) is 37.0 Å². The van der Waals surface area contributed by atoms with Crippen molar-refractivity contribution in [2.45, 2.75) is 38.5 Å². The predicted molar refractivity (Wildman–Crippen MR) is 89.3 cm³/mol. The highest BCUT2D eigenvalue weighted by Crippen LogP contribution is 2.17. The molecule has 132 valence electrons. The Hall–Kier alpha value is -2.11. The summed E-state index contributed by atoms with van der Waals surface area (Å²) in [5.74, 6) is -0.314. The van der Waals surface area contributed by atoms with Gasteiger partial charge in [-0.15, -0.1) is 0 Å². The maximum atomic E-state index is 13.6. The van der Waals surface area contributed by atoms with Crippen LogP contribution in [0.25, 0.3) is 0 Å². The lowest BCUT2D eigenvalue weighted by Crippen LogP contribution is -2.42. The van der Waals surface area contributed by atoms with Gasteiger partial charge in [0.25, 0.3) is 0 Å². The predicted octanol–water partition coefficient (Wildman–Crippen LogP) is 2.29. The molecule has 0 bridgehead atoms. The molecule has 1 aliphatic heterocycles. The minimum absolute atomic E-state index is 0.0575. The summed E-state index contributed by atoms with van der Waals surface area (Å²) in [4.78, 5) is 25.6. The molecule has 0 aliphatic carbocycles. The molecule has 0 spiro atoms. The molecule has 1 saturated heterocycles. The molecule has 0 atom stereocenters. The molecule has 1 heterocycles. The fourth-order valence-corrected chi connectivity index (χ4v) is 2.82. The highest BCUT2D eigenvalue weighted by Gasteiger charge is 2.18. The molecule has 1 aromatic rings. The van der Waals surface area contributed by atoms with E-state index in [9.17, 15) is 14.0 Å². The molecule has 1 aliphatic rings. The molecule has 0 unspecified atom stereocenters. The molecule has 0 aromatic heterocycles. The van der Waals surface area contributed by atoms with Gasteiger partial charge in [-0.2, -0.15) is 0 Å². The monoisotopic (exact) mass is 336 g/mol. The first-order valence-corrected chi connectivity index (χ1v) is 8.47. The second-order valence-corrected chi connectivity index (χ2v) is 6.05. The van der Waals surface area contributed by atoms with Crippen LogP contribution in [-0.2, 0) is 16.0 Å². The first kappa shape index (κ1) is 18.2. The van der Waals surface area contributed by atoms with Crippen LogP contribution in [0.1, 0.15) is 37.7 Å². The molecule has 1 aromatic carbocycles. The summed E-state index contributed by atoms with van der Waals surface area (Å²) < 4.78 is 18.5. The molecular formula is C18H25FN2O3. The van der Waals surface area contributed by atoms with Crippen molar-refractivity contribution in [3.8, 4) is 5.75 Å². The number of ether oxygens (including phenoxy) is 1. The van der Waals surface area contributed by atoms with E-state index in [1.807, 2.05) is 0 Å². The number of halogens is 1. The molecule has 1 N–H and O–H groups in total. The fourth-order valence-electron chi connectivity index (χ4n) is 2.82. The van der Waals surface area contributed by atoms with Gasteiger partial charge in [-0.1, -0.05) is 18.9 Å². The third-order valence-corrected chi connectivity index (χ3v) is 4.21. The summed E-state index contributed by atoms with van der Waals surface area (Å²) >= 11 is 0. The van der Waals surface area contributed by atoms with Gasteiger partial charge < -0.3 is 15.0 Å². The van der Waals surface area contributed by atoms with E-state index in [4.69, 9.17) is 4.74 Å². The van der Waals surface area contributed by atoms with Crippen molar-refractivity contribution in [1.29, 1.82) is 0 Å². The summed E-state index contributed by atoms with van der Waals surface area (Å²) in [7, 11) is 1.42. The van der Waals surface area contributed by atoms with Crippen LogP contribution in [0.5, 0.6) is 5.75 Å². The Morgan fingerprint density at radius 1 is 1.29 bits per heavy atom. The molecule has 0 saturated carbocycles. The minimum Gasteiger partial charge on any atom is -0.494 e. The van der Waals surface area contributed by atoms with E-state index >= 15 is 0 Å². The van der Waals surface area contributed by atoms with Gasteiger partial charge in [0.2, 0.25) is 11.8 Å². The Labute approximate surface area is 142 Å². The number of carbonyl (C=O) groups is 2. The second-order valence-electron chi connectivity index (χ2n) is 6.05. The summed E-state index contributed by atoms with van der Waals surface area (Å²) in [5, 5.41) is 2.80. The third kappa shape index (κ3) is 5.51. The number of hydrogen-bond donors (Lipinski definition) is 1. The maximum Gasteiger partial charge on any atom is 0.239 e. The average molecular weight is 336 g/mol. The Balaban J connectivity index is 1.76. The number of amides is 2. The molecule has 1 fully saturated rings. The number of benzene rings is 1. The largest absolute Gasteiger partial charge is 0.494 e. The van der Waals surface area contributed by atoms with E-state index in [1.165, 1.54) is 13.2 Å². The highest BCUT2D eigenvalue weighted by atomic mass is 19.1. The third-order valence-electron chi connectivity index (χ3n) is 4.21. The molecule has 5 nitrogen and oxygen atoms in total. The lowest BCUT2D eigenvalue weighted by Gasteiger charge is -2.24. The summed E-state index contributed by atoms with van der Waals surface area (Å²) in [6, 6.07) is 4.76. The van der Waals surface area contributed by atoms with Gasteiger partial charge >= 0.3 is 0 Å². The number of methoxy groups -OCH3 is 1. The van der Waals surface area contributed by atoms with Crippen molar-refractivity contribution in [3.63, 3.8) is 0 Å². The van der Waals surface area contributed by atoms with Crippen molar-refractivity contribution < 1.29 is 18.7 Å². The van der Waals surface area contributed by atoms with Gasteiger partial charge in [0.15, 0.2) is 11.6 Å². The van der Waals surface area contributed by atoms with Crippen LogP contribution in [0, 0.1) is 5.82 Å². The number of nitrogens with one attached hydrogen (secondary N) is 1. The average Bonchev–Trinajstić information content (AvgIpc) is 2.55. The van der Waals surface area contributed by atoms with E-state index in [0.717, 1.165) is 31.2 Å². The topological polar surface area (TPSA) is 58.6 Å². The van der Waals surface area contributed by atoms with Crippen molar-refractivity contribution in [1.82, 2.24) is 10.2 Å². The molecule has 2 rings (SSSR count). The Morgan fingerprint density at radius 2 is 2.08 bits per heavy atom. The van der Waals surface area contributed by atoms with Gasteiger partial charge in [0.1, 0.15) is 0 Å². The Bertz CT molecular complexity index is 577. The van der Waals surface area contributed by atoms with Crippen LogP contribution in [0.15, 0.2) is 18.2 Å². The van der Waals surface area contributed by atoms with Crippen LogP contribution in [0.2, 0.25) is 0 Å². The number of hydrogen-bond acceptors (Lipinski definition) is 3. The lowest BCUT2D eigenvalue weighted by molar-refractivity contribution is -0.136. The van der Waals surface area contributed by atoms with E-state index in [1.54, 1.807) is 17.0 Å². The first-order chi connectivity index (χ1) is 11.6. The zero-order valence-corrected chi connectivity index (χ0v) is 14.1. The minimum atomic E-state index is -0.410. The van der Waals surface area contributed by atoms with Crippen LogP contribution in [0.4, 0.5) is 4.39 Å². The second kappa shape index (κ2) is 9.25. The van der Waals surface area contributed by atoms with E-state index in [2.05, 4.69) is 5.32 Å². The van der Waals surface area contributed by atoms with Crippen molar-refractivity contribution in [2.75, 3.05) is 26.7 Å². The van der Waals surface area contributed by atoms with Crippen molar-refractivity contribution in [2.24, 2.45) is 0 Å². The van der Waals surface area contributed by atoms with E-state index in [0.29, 0.717) is 25.9 Å². The van der Waals surface area contributed by atoms with Crippen molar-refractivity contribution in [3.05, 3.63) is 29.6 Å². The van der Waals surface area contributed by atoms with Crippen LogP contribution >= 0.6 is 0 Å². The van der Waals surface area contributed by atoms with Crippen LogP contribution < -0.4 is 10.1 Å². The number of carbonyl (C=O) groups excluding carboxylic acids is 2. The quantitative estimate of drug-likeness (QED) is 0.867. The highest BCUT2D eigenvalue weighted by molar-refractivity contribution is 5.84. The summed E-state index contributed by atoms with van der Waals surface area (Å²) in [6.07, 6.45) is 5.10. The Kier molecular flexibility index (Phi) is 7.03. The zero-order chi connectivity index (χ0) is 17.4. The standard InChI is InChI=1S/C18H25FN2O3/c1-24-16-8-7-14(12-15(16)19)9-10-20-17(22)13-21-11-5-3-2-4-6-18(21)23/h7-8,12H,2-6,9-11,13H2,1H3,(H,20,22). The van der Waals surface area contributed by atoms with E-state index < -0.39 is 5.82 Å².